The molecule has 0 spiro atoms. The van der Waals surface area contributed by atoms with Crippen molar-refractivity contribution >= 4 is 5.91 Å². The minimum absolute atomic E-state index is 0.173. The Morgan fingerprint density at radius 1 is 1.60 bits per heavy atom. The molecule has 0 atom stereocenters. The Bertz CT molecular complexity index is 292. The molecule has 15 heavy (non-hydrogen) atoms. The highest BCUT2D eigenvalue weighted by Crippen LogP contribution is 2.32. The number of nitrogens with zero attached hydrogens (tertiary/aromatic N) is 1. The summed E-state index contributed by atoms with van der Waals surface area (Å²) in [7, 11) is 0. The Kier molecular flexibility index (Phi) is 2.83. The van der Waals surface area contributed by atoms with Gasteiger partial charge in [0.15, 0.2) is 0 Å². The monoisotopic (exact) mass is 208 g/mol. The molecule has 2 N–H and O–H groups in total. The summed E-state index contributed by atoms with van der Waals surface area (Å²) in [4.78, 5) is 13.9. The maximum absolute atomic E-state index is 11.9. The van der Waals surface area contributed by atoms with Gasteiger partial charge in [-0.2, -0.15) is 0 Å². The highest BCUT2D eigenvalue weighted by Gasteiger charge is 2.35. The standard InChI is InChI=1S/C12H20N2O/c1-10-3-7-14(8-4-10)11(15)9-12(13)5-2-6-12/h3H,2,4-9,13H2,1H3. The second-order valence-corrected chi connectivity index (χ2v) is 5.03. The molecule has 84 valence electrons. The van der Waals surface area contributed by atoms with Gasteiger partial charge in [0, 0.05) is 25.0 Å². The van der Waals surface area contributed by atoms with Gasteiger partial charge >= 0.3 is 0 Å². The Hall–Kier alpha value is -0.830. The summed E-state index contributed by atoms with van der Waals surface area (Å²) < 4.78 is 0. The molecule has 1 aliphatic carbocycles. The lowest BCUT2D eigenvalue weighted by Gasteiger charge is -2.39. The normalized spacial score (nSPS) is 24.4. The second kappa shape index (κ2) is 3.97. The third-order valence-corrected chi connectivity index (χ3v) is 3.64. The quantitative estimate of drug-likeness (QED) is 0.698. The summed E-state index contributed by atoms with van der Waals surface area (Å²) in [5.74, 6) is 0.237. The Morgan fingerprint density at radius 3 is 2.80 bits per heavy atom. The van der Waals surface area contributed by atoms with Crippen molar-refractivity contribution in [3.63, 3.8) is 0 Å². The van der Waals surface area contributed by atoms with Gasteiger partial charge < -0.3 is 10.6 Å². The van der Waals surface area contributed by atoms with Crippen molar-refractivity contribution in [2.24, 2.45) is 5.73 Å². The highest BCUT2D eigenvalue weighted by molar-refractivity contribution is 5.78. The molecule has 0 saturated heterocycles. The van der Waals surface area contributed by atoms with Crippen molar-refractivity contribution < 1.29 is 4.79 Å². The van der Waals surface area contributed by atoms with Crippen molar-refractivity contribution in [1.29, 1.82) is 0 Å². The molecule has 1 saturated carbocycles. The summed E-state index contributed by atoms with van der Waals surface area (Å²) in [5, 5.41) is 0. The van der Waals surface area contributed by atoms with Crippen molar-refractivity contribution in [2.75, 3.05) is 13.1 Å². The number of nitrogens with two attached hydrogens (primary N) is 1. The summed E-state index contributed by atoms with van der Waals surface area (Å²) in [6.07, 6.45) is 6.92. The largest absolute Gasteiger partial charge is 0.339 e. The van der Waals surface area contributed by atoms with E-state index in [1.807, 2.05) is 4.90 Å². The number of rotatable bonds is 2. The lowest BCUT2D eigenvalue weighted by Crippen LogP contribution is -2.51. The Labute approximate surface area is 91.3 Å². The molecule has 1 fully saturated rings. The van der Waals surface area contributed by atoms with E-state index < -0.39 is 0 Å². The van der Waals surface area contributed by atoms with Crippen molar-refractivity contribution in [3.8, 4) is 0 Å². The summed E-state index contributed by atoms with van der Waals surface area (Å²) >= 11 is 0. The van der Waals surface area contributed by atoms with Crippen LogP contribution in [0.5, 0.6) is 0 Å². The maximum Gasteiger partial charge on any atom is 0.224 e. The van der Waals surface area contributed by atoms with Gasteiger partial charge in [0.05, 0.1) is 0 Å². The lowest BCUT2D eigenvalue weighted by molar-refractivity contribution is -0.132. The number of carbonyl (C=O) groups is 1. The molecule has 2 aliphatic rings. The van der Waals surface area contributed by atoms with E-state index >= 15 is 0 Å². The zero-order valence-corrected chi connectivity index (χ0v) is 9.46. The predicted molar refractivity (Wildman–Crippen MR) is 60.3 cm³/mol. The number of amides is 1. The Balaban J connectivity index is 1.86. The van der Waals surface area contributed by atoms with Crippen LogP contribution in [0.1, 0.15) is 39.0 Å². The third-order valence-electron chi connectivity index (χ3n) is 3.64. The minimum atomic E-state index is -0.173. The highest BCUT2D eigenvalue weighted by atomic mass is 16.2. The molecule has 1 heterocycles. The summed E-state index contributed by atoms with van der Waals surface area (Å²) in [6.45, 7) is 3.77. The molecule has 0 radical (unpaired) electrons. The average Bonchev–Trinajstić information content (AvgIpc) is 2.16. The molecule has 1 amide bonds. The lowest BCUT2D eigenvalue weighted by atomic mass is 9.75. The van der Waals surface area contributed by atoms with Gasteiger partial charge in [-0.3, -0.25) is 4.79 Å². The fraction of sp³-hybridized carbons (Fsp3) is 0.750. The van der Waals surface area contributed by atoms with Crippen LogP contribution in [0.25, 0.3) is 0 Å². The molecule has 0 aromatic carbocycles. The SMILES string of the molecule is CC1=CCN(C(=O)CC2(N)CCC2)CC1. The second-order valence-electron chi connectivity index (χ2n) is 5.03. The van der Waals surface area contributed by atoms with Crippen molar-refractivity contribution in [3.05, 3.63) is 11.6 Å². The molecule has 0 aromatic heterocycles. The molecule has 2 rings (SSSR count). The number of hydrogen-bond donors (Lipinski definition) is 1. The number of carbonyl (C=O) groups excluding carboxylic acids is 1. The zero-order chi connectivity index (χ0) is 10.9. The number of hydrogen-bond acceptors (Lipinski definition) is 2. The van der Waals surface area contributed by atoms with Crippen LogP contribution in [-0.4, -0.2) is 29.4 Å². The van der Waals surface area contributed by atoms with Crippen LogP contribution < -0.4 is 5.73 Å². The summed E-state index contributed by atoms with van der Waals surface area (Å²) in [6, 6.07) is 0. The molecular formula is C12H20N2O. The molecule has 0 bridgehead atoms. The van der Waals surface area contributed by atoms with E-state index in [1.165, 1.54) is 12.0 Å². The van der Waals surface area contributed by atoms with Gasteiger partial charge in [-0.15, -0.1) is 0 Å². The molecule has 3 nitrogen and oxygen atoms in total. The van der Waals surface area contributed by atoms with Gasteiger partial charge in [-0.25, -0.2) is 0 Å². The van der Waals surface area contributed by atoms with Crippen LogP contribution >= 0.6 is 0 Å². The fourth-order valence-electron chi connectivity index (χ4n) is 2.22. The van der Waals surface area contributed by atoms with Crippen molar-refractivity contribution in [1.82, 2.24) is 4.90 Å². The van der Waals surface area contributed by atoms with Crippen LogP contribution in [0, 0.1) is 0 Å². The van der Waals surface area contributed by atoms with E-state index in [1.54, 1.807) is 0 Å². The predicted octanol–water partition coefficient (Wildman–Crippen LogP) is 1.44. The van der Waals surface area contributed by atoms with Crippen LogP contribution in [-0.2, 0) is 4.79 Å². The third kappa shape index (κ3) is 2.40. The molecular weight excluding hydrogens is 188 g/mol. The summed E-state index contributed by atoms with van der Waals surface area (Å²) in [5.41, 5.74) is 7.30. The van der Waals surface area contributed by atoms with Gasteiger partial charge in [0.1, 0.15) is 0 Å². The first kappa shape index (κ1) is 10.7. The van der Waals surface area contributed by atoms with Crippen LogP contribution in [0.3, 0.4) is 0 Å². The van der Waals surface area contributed by atoms with E-state index in [-0.39, 0.29) is 11.4 Å². The molecule has 1 aliphatic heterocycles. The minimum Gasteiger partial charge on any atom is -0.339 e. The van der Waals surface area contributed by atoms with E-state index in [4.69, 9.17) is 5.73 Å². The fourth-order valence-corrected chi connectivity index (χ4v) is 2.22. The van der Waals surface area contributed by atoms with Gasteiger partial charge in [0.25, 0.3) is 0 Å². The van der Waals surface area contributed by atoms with Crippen LogP contribution in [0.15, 0.2) is 11.6 Å². The first-order chi connectivity index (χ1) is 7.09. The van der Waals surface area contributed by atoms with Gasteiger partial charge in [-0.05, 0) is 32.6 Å². The van der Waals surface area contributed by atoms with E-state index in [0.29, 0.717) is 6.42 Å². The van der Waals surface area contributed by atoms with E-state index in [9.17, 15) is 4.79 Å². The average molecular weight is 208 g/mol. The Morgan fingerprint density at radius 2 is 2.33 bits per heavy atom. The maximum atomic E-state index is 11.9. The first-order valence-electron chi connectivity index (χ1n) is 5.81. The van der Waals surface area contributed by atoms with E-state index in [0.717, 1.165) is 32.4 Å². The smallest absolute Gasteiger partial charge is 0.224 e. The van der Waals surface area contributed by atoms with E-state index in [2.05, 4.69) is 13.0 Å². The molecule has 0 aromatic rings. The first-order valence-corrected chi connectivity index (χ1v) is 5.81. The van der Waals surface area contributed by atoms with Gasteiger partial charge in [0.2, 0.25) is 5.91 Å². The van der Waals surface area contributed by atoms with Crippen molar-refractivity contribution in [2.45, 2.75) is 44.6 Å². The topological polar surface area (TPSA) is 46.3 Å². The molecule has 3 heteroatoms. The molecule has 0 unspecified atom stereocenters. The zero-order valence-electron chi connectivity index (χ0n) is 9.46. The van der Waals surface area contributed by atoms with Crippen LogP contribution in [0.4, 0.5) is 0 Å². The van der Waals surface area contributed by atoms with Crippen LogP contribution in [0.2, 0.25) is 0 Å². The van der Waals surface area contributed by atoms with Gasteiger partial charge in [-0.1, -0.05) is 11.6 Å².